The number of hydrogen-bond acceptors (Lipinski definition) is 4. The number of amides is 2. The Morgan fingerprint density at radius 1 is 1.00 bits per heavy atom. The van der Waals surface area contributed by atoms with Gasteiger partial charge in [0.25, 0.3) is 11.8 Å². The molecule has 0 atom stereocenters. The highest BCUT2D eigenvalue weighted by atomic mass is 79.9. The molecule has 122 valence electrons. The molecule has 0 radical (unpaired) electrons. The minimum atomic E-state index is -0.278. The Labute approximate surface area is 142 Å². The highest BCUT2D eigenvalue weighted by molar-refractivity contribution is 9.10. The van der Waals surface area contributed by atoms with Crippen molar-refractivity contribution in [3.8, 4) is 0 Å². The summed E-state index contributed by atoms with van der Waals surface area (Å²) in [6.07, 6.45) is 0.625. The number of rotatable bonds is 7. The molecule has 0 aliphatic heterocycles. The third kappa shape index (κ3) is 5.22. The van der Waals surface area contributed by atoms with Crippen molar-refractivity contribution in [2.45, 2.75) is 13.0 Å². The van der Waals surface area contributed by atoms with Crippen molar-refractivity contribution >= 4 is 27.7 Å². The van der Waals surface area contributed by atoms with Crippen molar-refractivity contribution in [1.82, 2.24) is 10.6 Å². The summed E-state index contributed by atoms with van der Waals surface area (Å²) in [5, 5.41) is 5.52. The van der Waals surface area contributed by atoms with Crippen LogP contribution in [0.1, 0.15) is 32.9 Å². The normalized spacial score (nSPS) is 10.3. The van der Waals surface area contributed by atoms with Crippen LogP contribution in [0.15, 0.2) is 45.5 Å². The van der Waals surface area contributed by atoms with Crippen LogP contribution in [-0.2, 0) is 6.54 Å². The summed E-state index contributed by atoms with van der Waals surface area (Å²) in [6.45, 7) is 1.37. The third-order valence-electron chi connectivity index (χ3n) is 3.17. The maximum Gasteiger partial charge on any atom is 0.287 e. The van der Waals surface area contributed by atoms with Crippen molar-refractivity contribution in [3.63, 3.8) is 0 Å². The molecule has 0 spiro atoms. The standard InChI is InChI=1S/C16H18BrN3O3/c17-14-7-6-13(23-14)16(22)20-9-1-8-19-15(21)12-4-2-11(10-18)3-5-12/h2-7H,1,8-10,18H2,(H,19,21)(H,20,22). The molecule has 1 aromatic carbocycles. The maximum atomic E-state index is 11.9. The average Bonchev–Trinajstić information content (AvgIpc) is 3.01. The second-order valence-corrected chi connectivity index (χ2v) is 5.65. The van der Waals surface area contributed by atoms with Crippen LogP contribution < -0.4 is 16.4 Å². The molecule has 0 bridgehead atoms. The predicted molar refractivity (Wildman–Crippen MR) is 90.0 cm³/mol. The SMILES string of the molecule is NCc1ccc(C(=O)NCCCNC(=O)c2ccc(Br)o2)cc1. The molecule has 2 amide bonds. The Bertz CT molecular complexity index is 667. The second kappa shape index (κ2) is 8.50. The van der Waals surface area contributed by atoms with Gasteiger partial charge >= 0.3 is 0 Å². The fourth-order valence-electron chi connectivity index (χ4n) is 1.91. The van der Waals surface area contributed by atoms with E-state index in [1.807, 2.05) is 12.1 Å². The summed E-state index contributed by atoms with van der Waals surface area (Å²) in [5.41, 5.74) is 7.08. The van der Waals surface area contributed by atoms with Gasteiger partial charge in [-0.15, -0.1) is 0 Å². The minimum absolute atomic E-state index is 0.144. The van der Waals surface area contributed by atoms with Crippen LogP contribution in [0.25, 0.3) is 0 Å². The molecular formula is C16H18BrN3O3. The molecule has 0 fully saturated rings. The first-order valence-electron chi connectivity index (χ1n) is 7.21. The number of nitrogens with one attached hydrogen (secondary N) is 2. The first kappa shape index (κ1) is 17.2. The van der Waals surface area contributed by atoms with E-state index in [-0.39, 0.29) is 17.6 Å². The number of carbonyl (C=O) groups is 2. The summed E-state index contributed by atoms with van der Waals surface area (Å²) >= 11 is 3.14. The van der Waals surface area contributed by atoms with E-state index in [2.05, 4.69) is 26.6 Å². The van der Waals surface area contributed by atoms with E-state index >= 15 is 0 Å². The van der Waals surface area contributed by atoms with E-state index in [0.717, 1.165) is 5.56 Å². The zero-order valence-electron chi connectivity index (χ0n) is 12.5. The van der Waals surface area contributed by atoms with Gasteiger partial charge < -0.3 is 20.8 Å². The van der Waals surface area contributed by atoms with Gasteiger partial charge in [-0.3, -0.25) is 9.59 Å². The first-order chi connectivity index (χ1) is 11.1. The van der Waals surface area contributed by atoms with Crippen LogP contribution in [0, 0.1) is 0 Å². The summed E-state index contributed by atoms with van der Waals surface area (Å²) in [6, 6.07) is 10.4. The molecule has 6 nitrogen and oxygen atoms in total. The lowest BCUT2D eigenvalue weighted by molar-refractivity contribution is 0.0924. The Hall–Kier alpha value is -2.12. The smallest absolute Gasteiger partial charge is 0.287 e. The van der Waals surface area contributed by atoms with Gasteiger partial charge in [0.05, 0.1) is 0 Å². The third-order valence-corrected chi connectivity index (χ3v) is 3.60. The van der Waals surface area contributed by atoms with Crippen LogP contribution in [-0.4, -0.2) is 24.9 Å². The van der Waals surface area contributed by atoms with E-state index in [1.165, 1.54) is 0 Å². The van der Waals surface area contributed by atoms with Crippen LogP contribution in [0.5, 0.6) is 0 Å². The van der Waals surface area contributed by atoms with Crippen molar-refractivity contribution in [3.05, 3.63) is 58.0 Å². The van der Waals surface area contributed by atoms with Gasteiger partial charge in [0.1, 0.15) is 0 Å². The highest BCUT2D eigenvalue weighted by Crippen LogP contribution is 2.13. The number of carbonyl (C=O) groups excluding carboxylic acids is 2. The van der Waals surface area contributed by atoms with E-state index in [0.29, 0.717) is 36.3 Å². The lowest BCUT2D eigenvalue weighted by Gasteiger charge is -2.06. The van der Waals surface area contributed by atoms with Gasteiger partial charge in [0, 0.05) is 25.2 Å². The molecule has 4 N–H and O–H groups in total. The number of halogens is 1. The average molecular weight is 380 g/mol. The molecular weight excluding hydrogens is 362 g/mol. The second-order valence-electron chi connectivity index (χ2n) is 4.87. The largest absolute Gasteiger partial charge is 0.444 e. The van der Waals surface area contributed by atoms with Crippen molar-refractivity contribution < 1.29 is 14.0 Å². The summed E-state index contributed by atoms with van der Waals surface area (Å²) < 4.78 is 5.65. The maximum absolute atomic E-state index is 11.9. The lowest BCUT2D eigenvalue weighted by Crippen LogP contribution is -2.29. The Balaban J connectivity index is 1.66. The van der Waals surface area contributed by atoms with Crippen molar-refractivity contribution in [2.75, 3.05) is 13.1 Å². The van der Waals surface area contributed by atoms with Crippen LogP contribution in [0.3, 0.4) is 0 Å². The first-order valence-corrected chi connectivity index (χ1v) is 8.00. The fourth-order valence-corrected chi connectivity index (χ4v) is 2.22. The van der Waals surface area contributed by atoms with Crippen molar-refractivity contribution in [1.29, 1.82) is 0 Å². The molecule has 0 aliphatic rings. The Morgan fingerprint density at radius 2 is 1.65 bits per heavy atom. The van der Waals surface area contributed by atoms with Crippen LogP contribution >= 0.6 is 15.9 Å². The van der Waals surface area contributed by atoms with Gasteiger partial charge in [0.15, 0.2) is 10.4 Å². The topological polar surface area (TPSA) is 97.4 Å². The predicted octanol–water partition coefficient (Wildman–Crippen LogP) is 2.05. The molecule has 0 saturated carbocycles. The molecule has 1 aromatic heterocycles. The Morgan fingerprint density at radius 3 is 2.22 bits per heavy atom. The van der Waals surface area contributed by atoms with E-state index in [4.69, 9.17) is 10.2 Å². The number of furan rings is 1. The molecule has 7 heteroatoms. The number of hydrogen-bond donors (Lipinski definition) is 3. The number of benzene rings is 1. The molecule has 1 heterocycles. The molecule has 2 rings (SSSR count). The molecule has 2 aromatic rings. The molecule has 0 saturated heterocycles. The lowest BCUT2D eigenvalue weighted by atomic mass is 10.1. The van der Waals surface area contributed by atoms with Gasteiger partial charge in [0.2, 0.25) is 0 Å². The quantitative estimate of drug-likeness (QED) is 0.641. The summed E-state index contributed by atoms with van der Waals surface area (Å²) in [5.74, 6) is -0.171. The van der Waals surface area contributed by atoms with Crippen molar-refractivity contribution in [2.24, 2.45) is 5.73 Å². The fraction of sp³-hybridized carbons (Fsp3) is 0.250. The minimum Gasteiger partial charge on any atom is -0.444 e. The summed E-state index contributed by atoms with van der Waals surface area (Å²) in [4.78, 5) is 23.6. The highest BCUT2D eigenvalue weighted by Gasteiger charge is 2.09. The molecule has 23 heavy (non-hydrogen) atoms. The van der Waals surface area contributed by atoms with E-state index in [1.54, 1.807) is 24.3 Å². The van der Waals surface area contributed by atoms with E-state index < -0.39 is 0 Å². The molecule has 0 unspecified atom stereocenters. The van der Waals surface area contributed by atoms with Gasteiger partial charge in [-0.1, -0.05) is 12.1 Å². The van der Waals surface area contributed by atoms with E-state index in [9.17, 15) is 9.59 Å². The Kier molecular flexibility index (Phi) is 6.37. The van der Waals surface area contributed by atoms with Gasteiger partial charge in [-0.2, -0.15) is 0 Å². The summed E-state index contributed by atoms with van der Waals surface area (Å²) in [7, 11) is 0. The zero-order chi connectivity index (χ0) is 16.7. The van der Waals surface area contributed by atoms with Crippen LogP contribution in [0.4, 0.5) is 0 Å². The zero-order valence-corrected chi connectivity index (χ0v) is 14.1. The van der Waals surface area contributed by atoms with Crippen LogP contribution in [0.2, 0.25) is 0 Å². The number of nitrogens with two attached hydrogens (primary N) is 1. The monoisotopic (exact) mass is 379 g/mol. The molecule has 0 aliphatic carbocycles. The van der Waals surface area contributed by atoms with Gasteiger partial charge in [-0.05, 0) is 52.2 Å². The van der Waals surface area contributed by atoms with Gasteiger partial charge in [-0.25, -0.2) is 0 Å².